The lowest BCUT2D eigenvalue weighted by atomic mass is 9.81. The summed E-state index contributed by atoms with van der Waals surface area (Å²) in [7, 11) is 1.85. The molecule has 0 radical (unpaired) electrons. The van der Waals surface area contributed by atoms with Crippen LogP contribution >= 0.6 is 0 Å². The van der Waals surface area contributed by atoms with Gasteiger partial charge < -0.3 is 14.5 Å². The number of ether oxygens (including phenoxy) is 1. The summed E-state index contributed by atoms with van der Waals surface area (Å²) in [6.45, 7) is 3.15. The Bertz CT molecular complexity index is 1220. The standard InChI is InChI=1S/C27H35F2N5O4/c1-3-38-26(37)34-13-10-18(27(28,29)16-34)14-17-8-11-33(12-9-17)19-4-5-20-22(15-19)32(2)31-24(20)21-6-7-23(35)30-25(21)36/h4-5,15,17-18,21H,3,6-14,16H2,1-2H3,(H,30,35,36)/t18-,21?/m1/s1. The molecule has 1 unspecified atom stereocenters. The van der Waals surface area contributed by atoms with E-state index in [1.54, 1.807) is 11.6 Å². The Hall–Kier alpha value is -3.24. The van der Waals surface area contributed by atoms with E-state index < -0.39 is 30.4 Å². The first-order valence-corrected chi connectivity index (χ1v) is 13.5. The highest BCUT2D eigenvalue weighted by atomic mass is 19.3. The van der Waals surface area contributed by atoms with Gasteiger partial charge in [-0.25, -0.2) is 13.6 Å². The zero-order valence-corrected chi connectivity index (χ0v) is 21.9. The molecule has 3 aliphatic rings. The maximum Gasteiger partial charge on any atom is 0.409 e. The number of imide groups is 1. The molecule has 1 N–H and O–H groups in total. The first-order chi connectivity index (χ1) is 18.2. The number of amides is 3. The van der Waals surface area contributed by atoms with Gasteiger partial charge in [0.2, 0.25) is 11.8 Å². The number of nitrogens with one attached hydrogen (secondary N) is 1. The van der Waals surface area contributed by atoms with Crippen LogP contribution in [0.25, 0.3) is 10.9 Å². The van der Waals surface area contributed by atoms with Gasteiger partial charge in [0.15, 0.2) is 0 Å². The van der Waals surface area contributed by atoms with Gasteiger partial charge in [-0.05, 0) is 63.1 Å². The monoisotopic (exact) mass is 531 g/mol. The fourth-order valence-electron chi connectivity index (χ4n) is 6.16. The van der Waals surface area contributed by atoms with Crippen LogP contribution in [-0.2, 0) is 21.4 Å². The first-order valence-electron chi connectivity index (χ1n) is 13.5. The lowest BCUT2D eigenvalue weighted by Gasteiger charge is -2.41. The molecule has 3 amide bonds. The van der Waals surface area contributed by atoms with Crippen LogP contribution in [0.1, 0.15) is 57.1 Å². The molecule has 9 nitrogen and oxygen atoms in total. The van der Waals surface area contributed by atoms with E-state index in [1.165, 1.54) is 0 Å². The van der Waals surface area contributed by atoms with E-state index in [9.17, 15) is 23.2 Å². The predicted octanol–water partition coefficient (Wildman–Crippen LogP) is 3.81. The van der Waals surface area contributed by atoms with Gasteiger partial charge in [0.05, 0.1) is 30.3 Å². The summed E-state index contributed by atoms with van der Waals surface area (Å²) in [4.78, 5) is 39.2. The van der Waals surface area contributed by atoms with E-state index in [0.29, 0.717) is 37.9 Å². The quantitative estimate of drug-likeness (QED) is 0.590. The van der Waals surface area contributed by atoms with E-state index in [1.807, 2.05) is 19.2 Å². The fraction of sp³-hybridized carbons (Fsp3) is 0.630. The average Bonchev–Trinajstić information content (AvgIpc) is 3.21. The third-order valence-corrected chi connectivity index (χ3v) is 8.30. The summed E-state index contributed by atoms with van der Waals surface area (Å²) < 4.78 is 36.4. The Morgan fingerprint density at radius 1 is 1.16 bits per heavy atom. The number of benzene rings is 1. The summed E-state index contributed by atoms with van der Waals surface area (Å²) >= 11 is 0. The molecule has 0 aliphatic carbocycles. The van der Waals surface area contributed by atoms with Crippen molar-refractivity contribution in [3.8, 4) is 0 Å². The second kappa shape index (κ2) is 10.5. The zero-order valence-electron chi connectivity index (χ0n) is 21.9. The van der Waals surface area contributed by atoms with Gasteiger partial charge in [0.25, 0.3) is 5.92 Å². The molecular formula is C27H35F2N5O4. The molecule has 4 heterocycles. The highest BCUT2D eigenvalue weighted by molar-refractivity contribution is 6.02. The van der Waals surface area contributed by atoms with Gasteiger partial charge in [-0.15, -0.1) is 0 Å². The largest absolute Gasteiger partial charge is 0.450 e. The highest BCUT2D eigenvalue weighted by Crippen LogP contribution is 2.40. The average molecular weight is 532 g/mol. The predicted molar refractivity (Wildman–Crippen MR) is 137 cm³/mol. The van der Waals surface area contributed by atoms with Gasteiger partial charge in [0.1, 0.15) is 0 Å². The summed E-state index contributed by atoms with van der Waals surface area (Å²) in [5, 5.41) is 7.92. The zero-order chi connectivity index (χ0) is 27.0. The Morgan fingerprint density at radius 2 is 1.92 bits per heavy atom. The lowest BCUT2D eigenvalue weighted by molar-refractivity contribution is -0.134. The normalized spacial score (nSPS) is 24.5. The number of aryl methyl sites for hydroxylation is 1. The number of piperidine rings is 3. The van der Waals surface area contributed by atoms with Crippen LogP contribution in [0, 0.1) is 11.8 Å². The van der Waals surface area contributed by atoms with Crippen molar-refractivity contribution in [1.82, 2.24) is 20.0 Å². The number of aromatic nitrogens is 2. The number of alkyl halides is 2. The van der Waals surface area contributed by atoms with Crippen molar-refractivity contribution in [3.05, 3.63) is 23.9 Å². The van der Waals surface area contributed by atoms with Gasteiger partial charge >= 0.3 is 6.09 Å². The summed E-state index contributed by atoms with van der Waals surface area (Å²) in [5.41, 5.74) is 2.65. The maximum atomic E-state index is 14.9. The molecule has 206 valence electrons. The Morgan fingerprint density at radius 3 is 2.61 bits per heavy atom. The van der Waals surface area contributed by atoms with Gasteiger partial charge in [-0.3, -0.25) is 19.6 Å². The number of nitrogens with zero attached hydrogens (tertiary/aromatic N) is 4. The number of fused-ring (bicyclic) bond motifs is 1. The van der Waals surface area contributed by atoms with Crippen molar-refractivity contribution in [2.45, 2.75) is 57.3 Å². The molecule has 0 spiro atoms. The van der Waals surface area contributed by atoms with E-state index in [2.05, 4.69) is 21.4 Å². The number of anilines is 1. The molecule has 5 rings (SSSR count). The minimum atomic E-state index is -2.91. The molecular weight excluding hydrogens is 496 g/mol. The summed E-state index contributed by atoms with van der Waals surface area (Å²) in [5.74, 6) is -4.41. The second-order valence-corrected chi connectivity index (χ2v) is 10.7. The van der Waals surface area contributed by atoms with Crippen LogP contribution in [0.15, 0.2) is 18.2 Å². The Balaban J connectivity index is 1.20. The molecule has 3 fully saturated rings. The van der Waals surface area contributed by atoms with Crippen molar-refractivity contribution in [3.63, 3.8) is 0 Å². The van der Waals surface area contributed by atoms with Crippen LogP contribution in [0.5, 0.6) is 0 Å². The topological polar surface area (TPSA) is 96.8 Å². The number of hydrogen-bond donors (Lipinski definition) is 1. The fourth-order valence-corrected chi connectivity index (χ4v) is 6.16. The molecule has 3 saturated heterocycles. The molecule has 11 heteroatoms. The third kappa shape index (κ3) is 5.19. The van der Waals surface area contributed by atoms with Crippen molar-refractivity contribution >= 4 is 34.5 Å². The molecule has 0 bridgehead atoms. The number of hydrogen-bond acceptors (Lipinski definition) is 6. The summed E-state index contributed by atoms with van der Waals surface area (Å²) in [6.07, 6.45) is 2.52. The van der Waals surface area contributed by atoms with E-state index >= 15 is 0 Å². The van der Waals surface area contributed by atoms with Gasteiger partial charge in [-0.2, -0.15) is 5.10 Å². The molecule has 38 heavy (non-hydrogen) atoms. The van der Waals surface area contributed by atoms with Crippen LogP contribution in [0.3, 0.4) is 0 Å². The molecule has 1 aromatic carbocycles. The van der Waals surface area contributed by atoms with Gasteiger partial charge in [0, 0.05) is 50.1 Å². The summed E-state index contributed by atoms with van der Waals surface area (Å²) in [6, 6.07) is 6.08. The smallest absolute Gasteiger partial charge is 0.409 e. The van der Waals surface area contributed by atoms with Crippen LogP contribution in [0.4, 0.5) is 19.3 Å². The van der Waals surface area contributed by atoms with Crippen molar-refractivity contribution in [2.75, 3.05) is 37.7 Å². The van der Waals surface area contributed by atoms with Crippen LogP contribution in [-0.4, -0.2) is 71.3 Å². The van der Waals surface area contributed by atoms with Crippen LogP contribution in [0.2, 0.25) is 0 Å². The minimum Gasteiger partial charge on any atom is -0.450 e. The number of carbonyl (C=O) groups excluding carboxylic acids is 3. The molecule has 2 aromatic rings. The van der Waals surface area contributed by atoms with E-state index in [4.69, 9.17) is 4.74 Å². The lowest BCUT2D eigenvalue weighted by Crippen LogP contribution is -2.51. The molecule has 0 saturated carbocycles. The number of rotatable bonds is 5. The number of carbonyl (C=O) groups is 3. The van der Waals surface area contributed by atoms with E-state index in [-0.39, 0.29) is 24.3 Å². The highest BCUT2D eigenvalue weighted by Gasteiger charge is 2.47. The maximum absolute atomic E-state index is 14.9. The first kappa shape index (κ1) is 26.4. The minimum absolute atomic E-state index is 0.178. The number of halogens is 2. The van der Waals surface area contributed by atoms with Gasteiger partial charge in [-0.1, -0.05) is 0 Å². The third-order valence-electron chi connectivity index (χ3n) is 8.30. The Kier molecular flexibility index (Phi) is 7.28. The second-order valence-electron chi connectivity index (χ2n) is 10.7. The number of likely N-dealkylation sites (tertiary alicyclic amines) is 1. The van der Waals surface area contributed by atoms with E-state index in [0.717, 1.165) is 47.4 Å². The Labute approximate surface area is 220 Å². The molecule has 1 aromatic heterocycles. The van der Waals surface area contributed by atoms with Crippen molar-refractivity contribution < 1.29 is 27.9 Å². The van der Waals surface area contributed by atoms with Crippen molar-refractivity contribution in [2.24, 2.45) is 18.9 Å². The van der Waals surface area contributed by atoms with Crippen molar-refractivity contribution in [1.29, 1.82) is 0 Å². The van der Waals surface area contributed by atoms with Crippen LogP contribution < -0.4 is 10.2 Å². The SMILES string of the molecule is CCOC(=O)N1CC[C@H](CC2CCN(c3ccc4c(C5CCC(=O)NC5=O)nn(C)c4c3)CC2)C(F)(F)C1. The molecule has 3 aliphatic heterocycles. The molecule has 2 atom stereocenters.